The lowest BCUT2D eigenvalue weighted by Crippen LogP contribution is -2.34. The summed E-state index contributed by atoms with van der Waals surface area (Å²) in [6.07, 6.45) is -1.26. The van der Waals surface area contributed by atoms with Crippen LogP contribution in [0.2, 0.25) is 0 Å². The maximum atomic E-state index is 14.2. The second kappa shape index (κ2) is 7.76. The number of hydrogen-bond donors (Lipinski definition) is 1. The van der Waals surface area contributed by atoms with Gasteiger partial charge in [0.2, 0.25) is 0 Å². The summed E-state index contributed by atoms with van der Waals surface area (Å²) in [5.41, 5.74) is 2.75. The van der Waals surface area contributed by atoms with E-state index in [0.29, 0.717) is 17.3 Å². The van der Waals surface area contributed by atoms with Gasteiger partial charge in [-0.2, -0.15) is 13.2 Å². The van der Waals surface area contributed by atoms with Gasteiger partial charge in [-0.3, -0.25) is 14.9 Å². The molecule has 2 aliphatic rings. The van der Waals surface area contributed by atoms with E-state index in [2.05, 4.69) is 33.0 Å². The second-order valence-electron chi connectivity index (χ2n) is 10.1. The molecule has 3 nitrogen and oxygen atoms in total. The minimum Gasteiger partial charge on any atom is -0.282 e. The van der Waals surface area contributed by atoms with Crippen LogP contribution in [0.3, 0.4) is 0 Å². The van der Waals surface area contributed by atoms with E-state index < -0.39 is 22.9 Å². The SMILES string of the molecule is Cc1cc2c(cc1-c1c(/C=C3\SC(=O)NC3=O)cccc1C(F)(F)F)C(C)(C)CCC2(C)C. The second-order valence-corrected chi connectivity index (χ2v) is 11.1. The first-order valence-electron chi connectivity index (χ1n) is 10.8. The summed E-state index contributed by atoms with van der Waals surface area (Å²) in [7, 11) is 0. The van der Waals surface area contributed by atoms with E-state index in [1.807, 2.05) is 19.1 Å². The predicted molar refractivity (Wildman–Crippen MR) is 126 cm³/mol. The zero-order chi connectivity index (χ0) is 24.3. The molecule has 1 saturated heterocycles. The summed E-state index contributed by atoms with van der Waals surface area (Å²) >= 11 is 0.693. The van der Waals surface area contributed by atoms with E-state index in [1.54, 1.807) is 6.07 Å². The summed E-state index contributed by atoms with van der Waals surface area (Å²) in [6, 6.07) is 7.89. The highest BCUT2D eigenvalue weighted by Crippen LogP contribution is 2.49. The van der Waals surface area contributed by atoms with Crippen molar-refractivity contribution in [2.75, 3.05) is 0 Å². The average molecular weight is 474 g/mol. The zero-order valence-corrected chi connectivity index (χ0v) is 20.1. The van der Waals surface area contributed by atoms with Crippen molar-refractivity contribution in [1.29, 1.82) is 0 Å². The van der Waals surface area contributed by atoms with Crippen LogP contribution in [0.1, 0.15) is 68.4 Å². The molecule has 33 heavy (non-hydrogen) atoms. The molecule has 0 atom stereocenters. The van der Waals surface area contributed by atoms with Gasteiger partial charge in [-0.05, 0) is 82.3 Å². The van der Waals surface area contributed by atoms with Crippen LogP contribution in [0.5, 0.6) is 0 Å². The maximum absolute atomic E-state index is 14.2. The Balaban J connectivity index is 2.02. The fraction of sp³-hybridized carbons (Fsp3) is 0.385. The van der Waals surface area contributed by atoms with Crippen molar-refractivity contribution >= 4 is 29.0 Å². The quantitative estimate of drug-likeness (QED) is 0.464. The summed E-state index contributed by atoms with van der Waals surface area (Å²) in [4.78, 5) is 23.8. The lowest BCUT2D eigenvalue weighted by atomic mass is 9.62. The topological polar surface area (TPSA) is 46.2 Å². The molecule has 7 heteroatoms. The van der Waals surface area contributed by atoms with Crippen LogP contribution in [0, 0.1) is 6.92 Å². The number of benzene rings is 2. The minimum atomic E-state index is -4.58. The van der Waals surface area contributed by atoms with Crippen LogP contribution in [-0.2, 0) is 21.8 Å². The van der Waals surface area contributed by atoms with Crippen LogP contribution < -0.4 is 5.32 Å². The number of nitrogens with one attached hydrogen (secondary N) is 1. The molecule has 2 aromatic rings. The van der Waals surface area contributed by atoms with E-state index in [-0.39, 0.29) is 26.9 Å². The largest absolute Gasteiger partial charge is 0.417 e. The van der Waals surface area contributed by atoms with Gasteiger partial charge in [-0.1, -0.05) is 52.0 Å². The van der Waals surface area contributed by atoms with Gasteiger partial charge in [-0.15, -0.1) is 0 Å². The van der Waals surface area contributed by atoms with Crippen LogP contribution in [-0.4, -0.2) is 11.1 Å². The number of imide groups is 1. The van der Waals surface area contributed by atoms with Crippen LogP contribution in [0.15, 0.2) is 35.2 Å². The number of carbonyl (C=O) groups is 2. The van der Waals surface area contributed by atoms with Crippen molar-refractivity contribution in [2.45, 2.75) is 64.5 Å². The number of halogens is 3. The Morgan fingerprint density at radius 3 is 2.15 bits per heavy atom. The smallest absolute Gasteiger partial charge is 0.282 e. The third kappa shape index (κ3) is 4.23. The number of carbonyl (C=O) groups excluding carboxylic acids is 2. The highest BCUT2D eigenvalue weighted by atomic mass is 32.2. The highest BCUT2D eigenvalue weighted by Gasteiger charge is 2.39. The van der Waals surface area contributed by atoms with Gasteiger partial charge in [0.1, 0.15) is 0 Å². The zero-order valence-electron chi connectivity index (χ0n) is 19.2. The lowest BCUT2D eigenvalue weighted by molar-refractivity contribution is -0.137. The highest BCUT2D eigenvalue weighted by molar-refractivity contribution is 8.18. The molecular weight excluding hydrogens is 447 g/mol. The normalized spacial score (nSPS) is 20.7. The van der Waals surface area contributed by atoms with Crippen molar-refractivity contribution in [3.05, 3.63) is 63.1 Å². The van der Waals surface area contributed by atoms with Gasteiger partial charge < -0.3 is 0 Å². The van der Waals surface area contributed by atoms with Gasteiger partial charge in [0.25, 0.3) is 11.1 Å². The summed E-state index contributed by atoms with van der Waals surface area (Å²) < 4.78 is 42.5. The number of rotatable bonds is 2. The Morgan fingerprint density at radius 2 is 1.61 bits per heavy atom. The van der Waals surface area contributed by atoms with Crippen molar-refractivity contribution < 1.29 is 22.8 Å². The molecule has 174 valence electrons. The molecule has 2 aromatic carbocycles. The van der Waals surface area contributed by atoms with Gasteiger partial charge >= 0.3 is 6.18 Å². The first kappa shape index (κ1) is 23.6. The summed E-state index contributed by atoms with van der Waals surface area (Å²) in [5.74, 6) is -0.599. The van der Waals surface area contributed by atoms with Crippen LogP contribution in [0.4, 0.5) is 18.0 Å². The van der Waals surface area contributed by atoms with Gasteiger partial charge in [0.05, 0.1) is 10.5 Å². The van der Waals surface area contributed by atoms with Gasteiger partial charge in [0, 0.05) is 5.56 Å². The molecule has 4 rings (SSSR count). The van der Waals surface area contributed by atoms with Crippen molar-refractivity contribution in [3.63, 3.8) is 0 Å². The number of amides is 2. The van der Waals surface area contributed by atoms with E-state index in [9.17, 15) is 22.8 Å². The third-order valence-corrected chi connectivity index (χ3v) is 7.61. The van der Waals surface area contributed by atoms with E-state index >= 15 is 0 Å². The van der Waals surface area contributed by atoms with Gasteiger partial charge in [-0.25, -0.2) is 0 Å². The van der Waals surface area contributed by atoms with Crippen LogP contribution in [0.25, 0.3) is 17.2 Å². The molecule has 1 heterocycles. The standard InChI is InChI=1S/C26H26F3NO2S/c1-14-11-18-19(25(4,5)10-9-24(18,2)3)13-16(14)21-15(7-6-8-17(21)26(27,28)29)12-20-22(31)30-23(32)33-20/h6-8,11-13H,9-10H2,1-5H3,(H,30,31,32)/b20-12-. The molecule has 0 radical (unpaired) electrons. The van der Waals surface area contributed by atoms with E-state index in [1.165, 1.54) is 17.7 Å². The maximum Gasteiger partial charge on any atom is 0.417 e. The first-order valence-corrected chi connectivity index (χ1v) is 11.6. The number of thioether (sulfide) groups is 1. The minimum absolute atomic E-state index is 0.0322. The molecule has 1 aliphatic heterocycles. The number of aryl methyl sites for hydroxylation is 1. The third-order valence-electron chi connectivity index (χ3n) is 6.80. The Morgan fingerprint density at radius 1 is 1.00 bits per heavy atom. The first-order chi connectivity index (χ1) is 15.2. The van der Waals surface area contributed by atoms with E-state index in [4.69, 9.17) is 0 Å². The number of fused-ring (bicyclic) bond motifs is 1. The molecule has 0 spiro atoms. The van der Waals surface area contributed by atoms with E-state index in [0.717, 1.165) is 30.0 Å². The lowest BCUT2D eigenvalue weighted by Gasteiger charge is -2.42. The molecule has 1 N–H and O–H groups in total. The van der Waals surface area contributed by atoms with Crippen LogP contribution >= 0.6 is 11.8 Å². The van der Waals surface area contributed by atoms with Crippen molar-refractivity contribution in [1.82, 2.24) is 5.32 Å². The summed E-state index contributed by atoms with van der Waals surface area (Å²) in [6.45, 7) is 10.4. The number of hydrogen-bond acceptors (Lipinski definition) is 3. The molecule has 0 aromatic heterocycles. The Kier molecular flexibility index (Phi) is 5.55. The van der Waals surface area contributed by atoms with Gasteiger partial charge in [0.15, 0.2) is 0 Å². The average Bonchev–Trinajstić information content (AvgIpc) is 3.01. The molecule has 0 unspecified atom stereocenters. The molecule has 0 bridgehead atoms. The fourth-order valence-electron chi connectivity index (χ4n) is 4.78. The summed E-state index contributed by atoms with van der Waals surface area (Å²) in [5, 5.41) is 1.62. The monoisotopic (exact) mass is 473 g/mol. The fourth-order valence-corrected chi connectivity index (χ4v) is 5.45. The predicted octanol–water partition coefficient (Wildman–Crippen LogP) is 7.35. The van der Waals surface area contributed by atoms with Crippen molar-refractivity contribution in [3.8, 4) is 11.1 Å². The number of alkyl halides is 3. The Bertz CT molecular complexity index is 1210. The molecule has 1 aliphatic carbocycles. The molecule has 1 fully saturated rings. The molecular formula is C26H26F3NO2S. The van der Waals surface area contributed by atoms with Crippen molar-refractivity contribution in [2.24, 2.45) is 0 Å². The molecule has 2 amide bonds. The Labute approximate surface area is 195 Å². The Hall–Kier alpha value is -2.54. The molecule has 0 saturated carbocycles.